The minimum Gasteiger partial charge on any atom is -0.493 e. The highest BCUT2D eigenvalue weighted by molar-refractivity contribution is 5.94. The molecule has 0 atom stereocenters. The third kappa shape index (κ3) is 5.03. The van der Waals surface area contributed by atoms with E-state index in [4.69, 9.17) is 14.2 Å². The lowest BCUT2D eigenvalue weighted by molar-refractivity contribution is 0.0341. The van der Waals surface area contributed by atoms with Gasteiger partial charge in [0, 0.05) is 38.8 Å². The van der Waals surface area contributed by atoms with Crippen LogP contribution in [-0.2, 0) is 17.8 Å². The molecule has 1 heterocycles. The molecule has 1 amide bonds. The number of hydrogen-bond acceptors (Lipinski definition) is 5. The van der Waals surface area contributed by atoms with Crippen molar-refractivity contribution in [1.82, 2.24) is 9.80 Å². The Kier molecular flexibility index (Phi) is 6.90. The van der Waals surface area contributed by atoms with E-state index in [0.717, 1.165) is 44.0 Å². The molecule has 0 aliphatic carbocycles. The molecule has 0 spiro atoms. The third-order valence-corrected chi connectivity index (χ3v) is 4.90. The van der Waals surface area contributed by atoms with Crippen LogP contribution in [0.1, 0.15) is 21.5 Å². The molecule has 2 aromatic carbocycles. The SMILES string of the molecule is COc1ccc(CN(C)C(=O)c2cccc(CN3CCOCC3)c2)cc1OC. The summed E-state index contributed by atoms with van der Waals surface area (Å²) in [6.45, 7) is 4.73. The van der Waals surface area contributed by atoms with E-state index in [1.54, 1.807) is 19.1 Å². The first kappa shape index (κ1) is 20.2. The minimum absolute atomic E-state index is 0.00128. The summed E-state index contributed by atoms with van der Waals surface area (Å²) in [6.07, 6.45) is 0. The second kappa shape index (κ2) is 9.57. The van der Waals surface area contributed by atoms with Crippen LogP contribution >= 0.6 is 0 Å². The molecule has 0 bridgehead atoms. The van der Waals surface area contributed by atoms with Gasteiger partial charge in [-0.1, -0.05) is 18.2 Å². The van der Waals surface area contributed by atoms with Gasteiger partial charge in [-0.05, 0) is 35.4 Å². The van der Waals surface area contributed by atoms with E-state index in [0.29, 0.717) is 23.6 Å². The molecular formula is C22H28N2O4. The lowest BCUT2D eigenvalue weighted by Crippen LogP contribution is -2.35. The molecule has 0 saturated carbocycles. The molecule has 0 aromatic heterocycles. The first-order valence-corrected chi connectivity index (χ1v) is 9.46. The van der Waals surface area contributed by atoms with E-state index in [1.165, 1.54) is 0 Å². The van der Waals surface area contributed by atoms with E-state index in [-0.39, 0.29) is 5.91 Å². The molecule has 1 fully saturated rings. The predicted octanol–water partition coefficient (Wildman–Crippen LogP) is 2.81. The van der Waals surface area contributed by atoms with Crippen LogP contribution < -0.4 is 9.47 Å². The highest BCUT2D eigenvalue weighted by atomic mass is 16.5. The van der Waals surface area contributed by atoms with Crippen LogP contribution in [0.25, 0.3) is 0 Å². The summed E-state index contributed by atoms with van der Waals surface area (Å²) < 4.78 is 16.0. The normalized spacial score (nSPS) is 14.5. The fourth-order valence-corrected chi connectivity index (χ4v) is 3.37. The molecule has 1 aliphatic rings. The summed E-state index contributed by atoms with van der Waals surface area (Å²) in [5.74, 6) is 1.34. The average molecular weight is 384 g/mol. The number of hydrogen-bond donors (Lipinski definition) is 0. The molecule has 0 radical (unpaired) electrons. The summed E-state index contributed by atoms with van der Waals surface area (Å²) in [4.78, 5) is 17.0. The molecule has 1 saturated heterocycles. The Morgan fingerprint density at radius 3 is 2.50 bits per heavy atom. The van der Waals surface area contributed by atoms with Crippen molar-refractivity contribution in [3.05, 3.63) is 59.2 Å². The molecule has 3 rings (SSSR count). The third-order valence-electron chi connectivity index (χ3n) is 4.90. The lowest BCUT2D eigenvalue weighted by atomic mass is 10.1. The molecule has 1 aliphatic heterocycles. The van der Waals surface area contributed by atoms with Gasteiger partial charge < -0.3 is 19.1 Å². The van der Waals surface area contributed by atoms with Crippen molar-refractivity contribution >= 4 is 5.91 Å². The maximum Gasteiger partial charge on any atom is 0.253 e. The van der Waals surface area contributed by atoms with Crippen LogP contribution in [0, 0.1) is 0 Å². The number of morpholine rings is 1. The van der Waals surface area contributed by atoms with Gasteiger partial charge in [0.15, 0.2) is 11.5 Å². The van der Waals surface area contributed by atoms with Crippen LogP contribution in [0.4, 0.5) is 0 Å². The largest absolute Gasteiger partial charge is 0.493 e. The van der Waals surface area contributed by atoms with E-state index in [2.05, 4.69) is 11.0 Å². The Hall–Kier alpha value is -2.57. The Morgan fingerprint density at radius 2 is 1.79 bits per heavy atom. The maximum absolute atomic E-state index is 12.9. The number of benzene rings is 2. The van der Waals surface area contributed by atoms with Gasteiger partial charge in [-0.25, -0.2) is 0 Å². The zero-order chi connectivity index (χ0) is 19.9. The number of carbonyl (C=O) groups excluding carboxylic acids is 1. The smallest absolute Gasteiger partial charge is 0.253 e. The van der Waals surface area contributed by atoms with Crippen LogP contribution in [-0.4, -0.2) is 63.3 Å². The van der Waals surface area contributed by atoms with Crippen molar-refractivity contribution in [3.8, 4) is 11.5 Å². The Labute approximate surface area is 166 Å². The van der Waals surface area contributed by atoms with E-state index < -0.39 is 0 Å². The first-order chi connectivity index (χ1) is 13.6. The standard InChI is InChI=1S/C22H28N2O4/c1-23(15-18-7-8-20(26-2)21(14-18)27-3)22(25)19-6-4-5-17(13-19)16-24-9-11-28-12-10-24/h4-8,13-14H,9-12,15-16H2,1-3H3. The van der Waals surface area contributed by atoms with Crippen molar-refractivity contribution < 1.29 is 19.0 Å². The van der Waals surface area contributed by atoms with Gasteiger partial charge in [-0.3, -0.25) is 9.69 Å². The second-order valence-corrected chi connectivity index (χ2v) is 6.94. The van der Waals surface area contributed by atoms with Crippen LogP contribution in [0.2, 0.25) is 0 Å². The highest BCUT2D eigenvalue weighted by Gasteiger charge is 2.15. The zero-order valence-corrected chi connectivity index (χ0v) is 16.8. The van der Waals surface area contributed by atoms with Crippen LogP contribution in [0.3, 0.4) is 0 Å². The zero-order valence-electron chi connectivity index (χ0n) is 16.8. The lowest BCUT2D eigenvalue weighted by Gasteiger charge is -2.26. The summed E-state index contributed by atoms with van der Waals surface area (Å²) in [6, 6.07) is 13.6. The fourth-order valence-electron chi connectivity index (χ4n) is 3.37. The number of methoxy groups -OCH3 is 2. The van der Waals surface area contributed by atoms with Crippen molar-refractivity contribution in [2.75, 3.05) is 47.6 Å². The van der Waals surface area contributed by atoms with Gasteiger partial charge in [0.25, 0.3) is 5.91 Å². The van der Waals surface area contributed by atoms with Gasteiger partial charge in [0.2, 0.25) is 0 Å². The number of rotatable bonds is 7. The molecule has 28 heavy (non-hydrogen) atoms. The number of amides is 1. The molecule has 2 aromatic rings. The summed E-state index contributed by atoms with van der Waals surface area (Å²) in [5.41, 5.74) is 2.83. The second-order valence-electron chi connectivity index (χ2n) is 6.94. The Balaban J connectivity index is 1.66. The van der Waals surface area contributed by atoms with Crippen LogP contribution in [0.15, 0.2) is 42.5 Å². The average Bonchev–Trinajstić information content (AvgIpc) is 2.74. The number of ether oxygens (including phenoxy) is 3. The van der Waals surface area contributed by atoms with E-state index in [9.17, 15) is 4.79 Å². The molecule has 6 nitrogen and oxygen atoms in total. The van der Waals surface area contributed by atoms with Crippen molar-refractivity contribution in [3.63, 3.8) is 0 Å². The predicted molar refractivity (Wildman–Crippen MR) is 108 cm³/mol. The van der Waals surface area contributed by atoms with Crippen molar-refractivity contribution in [2.45, 2.75) is 13.1 Å². The fraction of sp³-hybridized carbons (Fsp3) is 0.409. The van der Waals surface area contributed by atoms with E-state index in [1.807, 2.05) is 43.4 Å². The van der Waals surface area contributed by atoms with Gasteiger partial charge in [-0.2, -0.15) is 0 Å². The Morgan fingerprint density at radius 1 is 1.04 bits per heavy atom. The molecular weight excluding hydrogens is 356 g/mol. The van der Waals surface area contributed by atoms with Crippen LogP contribution in [0.5, 0.6) is 11.5 Å². The van der Waals surface area contributed by atoms with E-state index >= 15 is 0 Å². The molecule has 6 heteroatoms. The van der Waals surface area contributed by atoms with Gasteiger partial charge >= 0.3 is 0 Å². The monoisotopic (exact) mass is 384 g/mol. The summed E-state index contributed by atoms with van der Waals surface area (Å²) in [5, 5.41) is 0. The summed E-state index contributed by atoms with van der Waals surface area (Å²) >= 11 is 0. The highest BCUT2D eigenvalue weighted by Crippen LogP contribution is 2.28. The van der Waals surface area contributed by atoms with Gasteiger partial charge in [0.1, 0.15) is 0 Å². The Bertz CT molecular complexity index is 803. The minimum atomic E-state index is -0.00128. The first-order valence-electron chi connectivity index (χ1n) is 9.46. The molecule has 150 valence electrons. The quantitative estimate of drug-likeness (QED) is 0.735. The summed E-state index contributed by atoms with van der Waals surface area (Å²) in [7, 11) is 5.03. The van der Waals surface area contributed by atoms with Crippen molar-refractivity contribution in [1.29, 1.82) is 0 Å². The molecule has 0 N–H and O–H groups in total. The van der Waals surface area contributed by atoms with Crippen molar-refractivity contribution in [2.24, 2.45) is 0 Å². The number of nitrogens with zero attached hydrogens (tertiary/aromatic N) is 2. The van der Waals surface area contributed by atoms with Gasteiger partial charge in [-0.15, -0.1) is 0 Å². The topological polar surface area (TPSA) is 51.2 Å². The maximum atomic E-state index is 12.9. The van der Waals surface area contributed by atoms with Gasteiger partial charge in [0.05, 0.1) is 27.4 Å². The molecule has 0 unspecified atom stereocenters. The number of carbonyl (C=O) groups is 1.